The highest BCUT2D eigenvalue weighted by Crippen LogP contribution is 2.32. The first kappa shape index (κ1) is 25.7. The number of rotatable bonds is 4. The Morgan fingerprint density at radius 1 is 1.21 bits per heavy atom. The fourth-order valence-corrected chi connectivity index (χ4v) is 3.68. The monoisotopic (exact) mass is 486 g/mol. The first-order valence-electron chi connectivity index (χ1n) is 10.7. The van der Waals surface area contributed by atoms with E-state index in [9.17, 15) is 26.7 Å². The zero-order chi connectivity index (χ0) is 25.3. The number of benzene rings is 1. The van der Waals surface area contributed by atoms with Gasteiger partial charge in [0.2, 0.25) is 0 Å². The number of piperidine rings is 1. The van der Waals surface area contributed by atoms with Crippen LogP contribution in [-0.4, -0.2) is 46.6 Å². The number of alkyl halides is 5. The minimum Gasteiger partial charge on any atom is -0.444 e. The van der Waals surface area contributed by atoms with Crippen LogP contribution in [0.2, 0.25) is 0 Å². The molecule has 0 spiro atoms. The smallest absolute Gasteiger partial charge is 0.433 e. The standard InChI is InChI=1S/C23H27F5N4O2/c1-21(2,3)34-20(33)31-19-13-32(7-6-22(19,24)25)12-14-8-16(10-17(29)9-14)15-4-5-18(30-11-15)23(26,27)28/h4-5,8-11,19H,6-7,12-13,29H2,1-3H3,(H,31,33)/t19-/m1/s1. The summed E-state index contributed by atoms with van der Waals surface area (Å²) in [5, 5.41) is 2.27. The zero-order valence-corrected chi connectivity index (χ0v) is 19.0. The van der Waals surface area contributed by atoms with Gasteiger partial charge in [-0.1, -0.05) is 6.07 Å². The highest BCUT2D eigenvalue weighted by Gasteiger charge is 2.45. The summed E-state index contributed by atoms with van der Waals surface area (Å²) in [4.78, 5) is 17.3. The van der Waals surface area contributed by atoms with Gasteiger partial charge in [-0.3, -0.25) is 9.88 Å². The van der Waals surface area contributed by atoms with Gasteiger partial charge in [0.25, 0.3) is 5.92 Å². The molecule has 11 heteroatoms. The summed E-state index contributed by atoms with van der Waals surface area (Å²) in [6.07, 6.45) is -4.80. The molecule has 1 atom stereocenters. The highest BCUT2D eigenvalue weighted by atomic mass is 19.4. The third-order valence-electron chi connectivity index (χ3n) is 5.21. The second-order valence-corrected chi connectivity index (χ2v) is 9.34. The van der Waals surface area contributed by atoms with E-state index in [1.807, 2.05) is 0 Å². The first-order valence-corrected chi connectivity index (χ1v) is 10.7. The third-order valence-corrected chi connectivity index (χ3v) is 5.21. The molecule has 0 unspecified atom stereocenters. The number of hydrogen-bond donors (Lipinski definition) is 2. The van der Waals surface area contributed by atoms with Crippen molar-refractivity contribution < 1.29 is 31.5 Å². The van der Waals surface area contributed by atoms with Crippen molar-refractivity contribution in [2.45, 2.75) is 57.5 Å². The SMILES string of the molecule is CC(C)(C)OC(=O)N[C@@H]1CN(Cc2cc(N)cc(-c3ccc(C(F)(F)F)nc3)c2)CCC1(F)F. The van der Waals surface area contributed by atoms with Crippen LogP contribution in [0.3, 0.4) is 0 Å². The molecule has 0 saturated carbocycles. The van der Waals surface area contributed by atoms with Crippen LogP contribution in [0.5, 0.6) is 0 Å². The van der Waals surface area contributed by atoms with Crippen LogP contribution >= 0.6 is 0 Å². The topological polar surface area (TPSA) is 80.5 Å². The molecule has 6 nitrogen and oxygen atoms in total. The van der Waals surface area contributed by atoms with Crippen molar-refractivity contribution in [3.05, 3.63) is 47.8 Å². The number of pyridine rings is 1. The van der Waals surface area contributed by atoms with Crippen molar-refractivity contribution in [3.8, 4) is 11.1 Å². The Morgan fingerprint density at radius 3 is 2.50 bits per heavy atom. The number of carbonyl (C=O) groups excluding carboxylic acids is 1. The van der Waals surface area contributed by atoms with Crippen LogP contribution in [0.15, 0.2) is 36.5 Å². The molecule has 3 rings (SSSR count). The van der Waals surface area contributed by atoms with Crippen LogP contribution in [0.1, 0.15) is 38.4 Å². The summed E-state index contributed by atoms with van der Waals surface area (Å²) < 4.78 is 72.3. The zero-order valence-electron chi connectivity index (χ0n) is 19.0. The van der Waals surface area contributed by atoms with E-state index in [0.717, 1.165) is 12.3 Å². The van der Waals surface area contributed by atoms with Crippen molar-refractivity contribution in [2.24, 2.45) is 0 Å². The summed E-state index contributed by atoms with van der Waals surface area (Å²) in [6, 6.07) is 5.75. The summed E-state index contributed by atoms with van der Waals surface area (Å²) in [6.45, 7) is 5.16. The molecule has 1 fully saturated rings. The van der Waals surface area contributed by atoms with Crippen LogP contribution < -0.4 is 11.1 Å². The molecule has 1 aromatic heterocycles. The predicted molar refractivity (Wildman–Crippen MR) is 117 cm³/mol. The third kappa shape index (κ3) is 6.78. The van der Waals surface area contributed by atoms with E-state index in [-0.39, 0.29) is 19.6 Å². The number of alkyl carbamates (subject to hydrolysis) is 1. The number of ether oxygens (including phenoxy) is 1. The van der Waals surface area contributed by atoms with Gasteiger partial charge >= 0.3 is 12.3 Å². The highest BCUT2D eigenvalue weighted by molar-refractivity contribution is 5.69. The molecule has 2 aromatic rings. The number of nitrogen functional groups attached to an aromatic ring is 1. The Balaban J connectivity index is 1.73. The van der Waals surface area contributed by atoms with E-state index < -0.39 is 41.9 Å². The number of aromatic nitrogens is 1. The number of anilines is 1. The normalized spacial score (nSPS) is 19.0. The molecule has 0 aliphatic carbocycles. The average Bonchev–Trinajstić information content (AvgIpc) is 2.68. The van der Waals surface area contributed by atoms with Gasteiger partial charge in [-0.15, -0.1) is 0 Å². The van der Waals surface area contributed by atoms with Crippen molar-refractivity contribution in [3.63, 3.8) is 0 Å². The van der Waals surface area contributed by atoms with E-state index in [4.69, 9.17) is 10.5 Å². The molecule has 34 heavy (non-hydrogen) atoms. The Morgan fingerprint density at radius 2 is 1.91 bits per heavy atom. The van der Waals surface area contributed by atoms with Gasteiger partial charge in [-0.2, -0.15) is 13.2 Å². The molecule has 1 saturated heterocycles. The van der Waals surface area contributed by atoms with Gasteiger partial charge in [0.05, 0.1) is 0 Å². The molecule has 186 valence electrons. The number of nitrogens with two attached hydrogens (primary N) is 1. The molecule has 1 aliphatic heterocycles. The number of likely N-dealkylation sites (tertiary alicyclic amines) is 1. The predicted octanol–water partition coefficient (Wildman–Crippen LogP) is 5.08. The average molecular weight is 486 g/mol. The number of hydrogen-bond acceptors (Lipinski definition) is 5. The lowest BCUT2D eigenvalue weighted by molar-refractivity contribution is -0.141. The molecule has 0 bridgehead atoms. The van der Waals surface area contributed by atoms with Crippen molar-refractivity contribution in [1.82, 2.24) is 15.2 Å². The van der Waals surface area contributed by atoms with Crippen molar-refractivity contribution in [2.75, 3.05) is 18.8 Å². The fraction of sp³-hybridized carbons (Fsp3) is 0.478. The van der Waals surface area contributed by atoms with Crippen LogP contribution in [0.4, 0.5) is 32.4 Å². The number of nitrogens with zero attached hydrogens (tertiary/aromatic N) is 2. The second kappa shape index (κ2) is 9.36. The first-order chi connectivity index (χ1) is 15.6. The molecule has 3 N–H and O–H groups in total. The van der Waals surface area contributed by atoms with E-state index in [0.29, 0.717) is 22.4 Å². The Labute approximate surface area is 194 Å². The van der Waals surface area contributed by atoms with Crippen LogP contribution in [0, 0.1) is 0 Å². The van der Waals surface area contributed by atoms with Crippen LogP contribution in [0.25, 0.3) is 11.1 Å². The Bertz CT molecular complexity index is 1020. The lowest BCUT2D eigenvalue weighted by atomic mass is 9.99. The van der Waals surface area contributed by atoms with Gasteiger partial charge < -0.3 is 15.8 Å². The molecular formula is C23H27F5N4O2. The minimum atomic E-state index is -4.54. The number of carbonyl (C=O) groups is 1. The van der Waals surface area contributed by atoms with Gasteiger partial charge in [0, 0.05) is 43.5 Å². The van der Waals surface area contributed by atoms with Crippen molar-refractivity contribution >= 4 is 11.8 Å². The summed E-state index contributed by atoms with van der Waals surface area (Å²) in [5.41, 5.74) is 6.22. The molecular weight excluding hydrogens is 459 g/mol. The van der Waals surface area contributed by atoms with Crippen LogP contribution in [-0.2, 0) is 17.5 Å². The molecule has 1 aromatic carbocycles. The maximum absolute atomic E-state index is 14.4. The number of nitrogens with one attached hydrogen (secondary N) is 1. The second-order valence-electron chi connectivity index (χ2n) is 9.34. The van der Waals surface area contributed by atoms with Gasteiger partial charge in [-0.25, -0.2) is 13.6 Å². The molecule has 1 amide bonds. The van der Waals surface area contributed by atoms with E-state index in [1.54, 1.807) is 43.9 Å². The fourth-order valence-electron chi connectivity index (χ4n) is 3.68. The largest absolute Gasteiger partial charge is 0.444 e. The van der Waals surface area contributed by atoms with Gasteiger partial charge in [-0.05, 0) is 56.2 Å². The number of halogens is 5. The summed E-state index contributed by atoms with van der Waals surface area (Å²) in [5.74, 6) is -3.10. The maximum Gasteiger partial charge on any atom is 0.433 e. The van der Waals surface area contributed by atoms with Crippen molar-refractivity contribution in [1.29, 1.82) is 0 Å². The minimum absolute atomic E-state index is 0.0888. The molecule has 1 aliphatic rings. The summed E-state index contributed by atoms with van der Waals surface area (Å²) in [7, 11) is 0. The lowest BCUT2D eigenvalue weighted by Gasteiger charge is -2.38. The Hall–Kier alpha value is -2.95. The Kier molecular flexibility index (Phi) is 7.07. The molecule has 0 radical (unpaired) electrons. The van der Waals surface area contributed by atoms with Gasteiger partial charge in [0.15, 0.2) is 0 Å². The lowest BCUT2D eigenvalue weighted by Crippen LogP contribution is -2.58. The van der Waals surface area contributed by atoms with E-state index >= 15 is 0 Å². The quantitative estimate of drug-likeness (QED) is 0.465. The molecule has 2 heterocycles. The number of amides is 1. The van der Waals surface area contributed by atoms with E-state index in [2.05, 4.69) is 10.3 Å². The van der Waals surface area contributed by atoms with Gasteiger partial charge in [0.1, 0.15) is 17.3 Å². The van der Waals surface area contributed by atoms with E-state index in [1.165, 1.54) is 6.07 Å². The summed E-state index contributed by atoms with van der Waals surface area (Å²) >= 11 is 0. The maximum atomic E-state index is 14.4.